The zero-order valence-electron chi connectivity index (χ0n) is 31.6. The van der Waals surface area contributed by atoms with Crippen molar-refractivity contribution in [2.24, 2.45) is 9.98 Å². The molecule has 1 heterocycles. The molecule has 0 amide bonds. The minimum absolute atomic E-state index is 0.0340. The second-order valence-corrected chi connectivity index (χ2v) is 13.5. The van der Waals surface area contributed by atoms with Crippen molar-refractivity contribution in [2.45, 2.75) is 125 Å². The van der Waals surface area contributed by atoms with Crippen LogP contribution >= 0.6 is 0 Å². The summed E-state index contributed by atoms with van der Waals surface area (Å²) in [5.74, 6) is 2.66. The van der Waals surface area contributed by atoms with E-state index in [0.717, 1.165) is 77.0 Å². The van der Waals surface area contributed by atoms with Gasteiger partial charge in [0.05, 0.1) is 30.9 Å². The van der Waals surface area contributed by atoms with Gasteiger partial charge in [0.1, 0.15) is 46.2 Å². The molecule has 278 valence electrons. The Bertz CT molecular complexity index is 1560. The van der Waals surface area contributed by atoms with E-state index in [1.807, 2.05) is 39.0 Å². The maximum absolute atomic E-state index is 11.5. The molecule has 0 radical (unpaired) electrons. The molecule has 0 aliphatic carbocycles. The largest absolute Gasteiger partial charge is 0.507 e. The van der Waals surface area contributed by atoms with Crippen LogP contribution in [0.25, 0.3) is 0 Å². The van der Waals surface area contributed by atoms with Gasteiger partial charge in [-0.25, -0.2) is 9.98 Å². The third kappa shape index (κ3) is 10.3. The molecule has 0 unspecified atom stereocenters. The molecule has 51 heavy (non-hydrogen) atoms. The summed E-state index contributed by atoms with van der Waals surface area (Å²) < 4.78 is 18.1. The van der Waals surface area contributed by atoms with Crippen molar-refractivity contribution in [3.05, 3.63) is 69.8 Å². The number of nitrogens with zero attached hydrogens (tertiary/aromatic N) is 2. The number of aromatic hydroxyl groups is 3. The van der Waals surface area contributed by atoms with Crippen molar-refractivity contribution < 1.29 is 29.5 Å². The monoisotopic (exact) mass is 701 g/mol. The zero-order valence-corrected chi connectivity index (χ0v) is 31.6. The van der Waals surface area contributed by atoms with E-state index in [4.69, 9.17) is 24.2 Å². The standard InChI is InChI=1S/C42H59N3O6/c1-7-10-13-16-25-49-34-22-19-31(37(46)28(34)4)40-43-41(32-20-23-35(29(5)38(32)47)50-26-17-14-11-8-2)45-42(44-40)33-21-24-36(30(6)39(33)48)51-27-18-15-12-9-3/h19-24,40,46-48H,7-18,25-27H2,1-6H3,(H,43,44,45). The highest BCUT2D eigenvalue weighted by atomic mass is 16.5. The highest BCUT2D eigenvalue weighted by Crippen LogP contribution is 2.40. The van der Waals surface area contributed by atoms with Crippen LogP contribution in [0.15, 0.2) is 46.4 Å². The van der Waals surface area contributed by atoms with Crippen LogP contribution in [0.3, 0.4) is 0 Å². The number of aliphatic imine (C=N–C) groups is 2. The van der Waals surface area contributed by atoms with Crippen molar-refractivity contribution in [2.75, 3.05) is 19.8 Å². The Morgan fingerprint density at radius 3 is 1.27 bits per heavy atom. The summed E-state index contributed by atoms with van der Waals surface area (Å²) in [5.41, 5.74) is 3.20. The topological polar surface area (TPSA) is 125 Å². The zero-order chi connectivity index (χ0) is 36.8. The van der Waals surface area contributed by atoms with Gasteiger partial charge in [0.25, 0.3) is 0 Å². The summed E-state index contributed by atoms with van der Waals surface area (Å²) in [5, 5.41) is 37.6. The molecular formula is C42H59N3O6. The number of phenolic OH excluding ortho intramolecular Hbond substituents is 3. The fraction of sp³-hybridized carbons (Fsp3) is 0.524. The predicted octanol–water partition coefficient (Wildman–Crippen LogP) is 10.1. The maximum atomic E-state index is 11.5. The van der Waals surface area contributed by atoms with E-state index in [9.17, 15) is 15.3 Å². The van der Waals surface area contributed by atoms with Crippen LogP contribution in [0.4, 0.5) is 0 Å². The van der Waals surface area contributed by atoms with Crippen LogP contribution in [0.5, 0.6) is 34.5 Å². The van der Waals surface area contributed by atoms with Gasteiger partial charge in [-0.05, 0) is 76.4 Å². The SMILES string of the molecule is CCCCCCOc1ccc(C2=NC(c3ccc(OCCCCCC)c(C)c3O)N=C(c3ccc(OCCCCCC)c(C)c3O)N2)c(O)c1C. The number of phenols is 3. The molecule has 0 atom stereocenters. The highest BCUT2D eigenvalue weighted by molar-refractivity contribution is 6.17. The molecule has 0 saturated heterocycles. The molecule has 0 aromatic heterocycles. The number of unbranched alkanes of at least 4 members (excludes halogenated alkanes) is 9. The van der Waals surface area contributed by atoms with Gasteiger partial charge in [-0.3, -0.25) is 0 Å². The Hall–Kier alpha value is -4.40. The second kappa shape index (κ2) is 19.8. The summed E-state index contributed by atoms with van der Waals surface area (Å²) >= 11 is 0. The first-order chi connectivity index (χ1) is 24.7. The molecule has 3 aromatic rings. The minimum atomic E-state index is -0.878. The lowest BCUT2D eigenvalue weighted by molar-refractivity contribution is 0.300. The van der Waals surface area contributed by atoms with Crippen molar-refractivity contribution >= 4 is 11.7 Å². The van der Waals surface area contributed by atoms with Gasteiger partial charge in [0.15, 0.2) is 6.17 Å². The number of nitrogens with one attached hydrogen (secondary N) is 1. The van der Waals surface area contributed by atoms with E-state index in [0.29, 0.717) is 82.1 Å². The van der Waals surface area contributed by atoms with Crippen molar-refractivity contribution in [3.8, 4) is 34.5 Å². The fourth-order valence-corrected chi connectivity index (χ4v) is 6.12. The van der Waals surface area contributed by atoms with E-state index in [-0.39, 0.29) is 17.2 Å². The van der Waals surface area contributed by atoms with Gasteiger partial charge < -0.3 is 34.8 Å². The summed E-state index contributed by atoms with van der Waals surface area (Å²) in [6.07, 6.45) is 12.2. The third-order valence-corrected chi connectivity index (χ3v) is 9.47. The molecule has 0 spiro atoms. The van der Waals surface area contributed by atoms with Crippen LogP contribution in [-0.2, 0) is 0 Å². The molecule has 4 rings (SSSR count). The van der Waals surface area contributed by atoms with Crippen LogP contribution in [0.1, 0.15) is 137 Å². The number of amidine groups is 2. The van der Waals surface area contributed by atoms with Crippen molar-refractivity contribution in [1.29, 1.82) is 0 Å². The Morgan fingerprint density at radius 2 is 0.882 bits per heavy atom. The van der Waals surface area contributed by atoms with E-state index >= 15 is 0 Å². The first-order valence-corrected chi connectivity index (χ1v) is 19.0. The molecule has 3 aromatic carbocycles. The molecule has 0 fully saturated rings. The molecule has 9 nitrogen and oxygen atoms in total. The van der Waals surface area contributed by atoms with E-state index in [1.165, 1.54) is 0 Å². The Kier molecular flexibility index (Phi) is 15.3. The summed E-state index contributed by atoms with van der Waals surface area (Å²) in [6, 6.07) is 10.9. The number of hydrogen-bond acceptors (Lipinski definition) is 9. The lowest BCUT2D eigenvalue weighted by Crippen LogP contribution is -2.36. The average molecular weight is 702 g/mol. The molecule has 0 bridgehead atoms. The van der Waals surface area contributed by atoms with Gasteiger partial charge >= 0.3 is 0 Å². The molecule has 9 heteroatoms. The number of ether oxygens (including phenoxy) is 3. The minimum Gasteiger partial charge on any atom is -0.507 e. The average Bonchev–Trinajstić information content (AvgIpc) is 3.13. The number of benzene rings is 3. The molecular weight excluding hydrogens is 642 g/mol. The van der Waals surface area contributed by atoms with Crippen molar-refractivity contribution in [3.63, 3.8) is 0 Å². The summed E-state index contributed by atoms with van der Waals surface area (Å²) in [4.78, 5) is 9.80. The Labute approximate surface area is 304 Å². The Morgan fingerprint density at radius 1 is 0.510 bits per heavy atom. The maximum Gasteiger partial charge on any atom is 0.173 e. The number of hydrogen-bond donors (Lipinski definition) is 4. The van der Waals surface area contributed by atoms with Gasteiger partial charge in [0, 0.05) is 22.3 Å². The number of rotatable bonds is 21. The smallest absolute Gasteiger partial charge is 0.173 e. The van der Waals surface area contributed by atoms with Crippen LogP contribution in [-0.4, -0.2) is 46.8 Å². The molecule has 0 saturated carbocycles. The van der Waals surface area contributed by atoms with E-state index in [2.05, 4.69) is 26.1 Å². The summed E-state index contributed by atoms with van der Waals surface area (Å²) in [7, 11) is 0. The van der Waals surface area contributed by atoms with Gasteiger partial charge in [0.2, 0.25) is 0 Å². The first kappa shape index (κ1) is 39.4. The third-order valence-electron chi connectivity index (χ3n) is 9.47. The quantitative estimate of drug-likeness (QED) is 0.0815. The Balaban J connectivity index is 1.68. The highest BCUT2D eigenvalue weighted by Gasteiger charge is 2.28. The molecule has 1 aliphatic rings. The van der Waals surface area contributed by atoms with Crippen LogP contribution in [0.2, 0.25) is 0 Å². The van der Waals surface area contributed by atoms with Gasteiger partial charge in [-0.15, -0.1) is 0 Å². The normalized spacial score (nSPS) is 13.1. The van der Waals surface area contributed by atoms with Crippen LogP contribution in [0, 0.1) is 20.8 Å². The first-order valence-electron chi connectivity index (χ1n) is 19.0. The predicted molar refractivity (Wildman–Crippen MR) is 206 cm³/mol. The van der Waals surface area contributed by atoms with Gasteiger partial charge in [-0.1, -0.05) is 78.6 Å². The molecule has 4 N–H and O–H groups in total. The second-order valence-electron chi connectivity index (χ2n) is 13.5. The van der Waals surface area contributed by atoms with Crippen molar-refractivity contribution in [1.82, 2.24) is 5.32 Å². The lowest BCUT2D eigenvalue weighted by atomic mass is 10.0. The van der Waals surface area contributed by atoms with Gasteiger partial charge in [-0.2, -0.15) is 0 Å². The lowest BCUT2D eigenvalue weighted by Gasteiger charge is -2.25. The van der Waals surface area contributed by atoms with E-state index < -0.39 is 6.17 Å². The molecule has 1 aliphatic heterocycles. The summed E-state index contributed by atoms with van der Waals surface area (Å²) in [6.45, 7) is 13.7. The van der Waals surface area contributed by atoms with Crippen LogP contribution < -0.4 is 19.5 Å². The fourth-order valence-electron chi connectivity index (χ4n) is 6.12. The van der Waals surface area contributed by atoms with E-state index in [1.54, 1.807) is 18.2 Å².